The zero-order chi connectivity index (χ0) is 12.6. The summed E-state index contributed by atoms with van der Waals surface area (Å²) in [6, 6.07) is 1.68. The van der Waals surface area contributed by atoms with Gasteiger partial charge in [0.15, 0.2) is 0 Å². The topological polar surface area (TPSA) is 49.4 Å². The number of nitrogens with zero attached hydrogens (tertiary/aromatic N) is 1. The number of hydrogen-bond acceptors (Lipinski definition) is 4. The monoisotopic (exact) mass is 358 g/mol. The van der Waals surface area contributed by atoms with E-state index >= 15 is 0 Å². The van der Waals surface area contributed by atoms with Crippen LogP contribution >= 0.6 is 38.9 Å². The number of rotatable bonds is 2. The van der Waals surface area contributed by atoms with Gasteiger partial charge in [0, 0.05) is 25.7 Å². The van der Waals surface area contributed by atoms with Crippen molar-refractivity contribution >= 4 is 48.9 Å². The number of halogens is 2. The van der Waals surface area contributed by atoms with Gasteiger partial charge in [-0.15, -0.1) is 11.3 Å². The molecule has 1 fully saturated rings. The fourth-order valence-corrected chi connectivity index (χ4v) is 5.78. The van der Waals surface area contributed by atoms with Crippen molar-refractivity contribution in [2.75, 3.05) is 19.6 Å². The zero-order valence-electron chi connectivity index (χ0n) is 9.11. The van der Waals surface area contributed by atoms with E-state index in [9.17, 15) is 8.42 Å². The molecule has 0 spiro atoms. The molecule has 1 aromatic heterocycles. The van der Waals surface area contributed by atoms with Crippen LogP contribution in [-0.4, -0.2) is 38.4 Å². The maximum Gasteiger partial charge on any atom is 0.252 e. The molecule has 2 heterocycles. The maximum absolute atomic E-state index is 12.3. The molecule has 1 aliphatic heterocycles. The highest BCUT2D eigenvalue weighted by Gasteiger charge is 2.30. The van der Waals surface area contributed by atoms with Crippen LogP contribution in [-0.2, 0) is 10.0 Å². The summed E-state index contributed by atoms with van der Waals surface area (Å²) in [5.41, 5.74) is 0. The zero-order valence-corrected chi connectivity index (χ0v) is 13.1. The number of piperazine rings is 1. The highest BCUT2D eigenvalue weighted by atomic mass is 79.9. The number of nitrogens with one attached hydrogen (secondary N) is 1. The maximum atomic E-state index is 12.3. The van der Waals surface area contributed by atoms with Crippen LogP contribution in [0.4, 0.5) is 0 Å². The van der Waals surface area contributed by atoms with Gasteiger partial charge in [0.25, 0.3) is 10.0 Å². The molecule has 1 saturated heterocycles. The van der Waals surface area contributed by atoms with Crippen LogP contribution in [0.5, 0.6) is 0 Å². The predicted molar refractivity (Wildman–Crippen MR) is 73.3 cm³/mol. The van der Waals surface area contributed by atoms with Gasteiger partial charge in [-0.25, -0.2) is 8.42 Å². The molecule has 0 amide bonds. The van der Waals surface area contributed by atoms with E-state index in [4.69, 9.17) is 11.6 Å². The van der Waals surface area contributed by atoms with Crippen molar-refractivity contribution in [1.29, 1.82) is 0 Å². The molecule has 1 atom stereocenters. The molecule has 0 saturated carbocycles. The van der Waals surface area contributed by atoms with Gasteiger partial charge in [-0.05, 0) is 28.9 Å². The summed E-state index contributed by atoms with van der Waals surface area (Å²) in [4.78, 5) is 0. The van der Waals surface area contributed by atoms with Crippen molar-refractivity contribution < 1.29 is 8.42 Å². The minimum Gasteiger partial charge on any atom is -0.312 e. The van der Waals surface area contributed by atoms with E-state index in [1.54, 1.807) is 0 Å². The molecule has 96 valence electrons. The molecule has 0 bridgehead atoms. The Kier molecular flexibility index (Phi) is 4.16. The van der Waals surface area contributed by atoms with Crippen molar-refractivity contribution in [2.45, 2.75) is 17.2 Å². The van der Waals surface area contributed by atoms with Crippen LogP contribution in [0.3, 0.4) is 0 Å². The Morgan fingerprint density at radius 2 is 2.35 bits per heavy atom. The quantitative estimate of drug-likeness (QED) is 0.880. The van der Waals surface area contributed by atoms with E-state index < -0.39 is 10.0 Å². The van der Waals surface area contributed by atoms with Gasteiger partial charge in [0.05, 0.1) is 8.81 Å². The second-order valence-electron chi connectivity index (χ2n) is 3.91. The Morgan fingerprint density at radius 1 is 1.65 bits per heavy atom. The lowest BCUT2D eigenvalue weighted by Gasteiger charge is -2.30. The molecule has 0 unspecified atom stereocenters. The van der Waals surface area contributed by atoms with Gasteiger partial charge in [-0.1, -0.05) is 11.6 Å². The molecule has 0 aliphatic carbocycles. The molecule has 0 radical (unpaired) electrons. The van der Waals surface area contributed by atoms with E-state index in [1.165, 1.54) is 10.4 Å². The molecule has 8 heteroatoms. The van der Waals surface area contributed by atoms with Crippen molar-refractivity contribution in [1.82, 2.24) is 9.62 Å². The highest BCUT2D eigenvalue weighted by Crippen LogP contribution is 2.36. The minimum atomic E-state index is -3.40. The Labute approximate surface area is 118 Å². The van der Waals surface area contributed by atoms with E-state index in [0.717, 1.165) is 11.3 Å². The van der Waals surface area contributed by atoms with Gasteiger partial charge >= 0.3 is 0 Å². The third kappa shape index (κ3) is 2.85. The molecule has 1 N–H and O–H groups in total. The van der Waals surface area contributed by atoms with E-state index in [-0.39, 0.29) is 6.04 Å². The van der Waals surface area contributed by atoms with Gasteiger partial charge in [-0.2, -0.15) is 4.31 Å². The summed E-state index contributed by atoms with van der Waals surface area (Å²) in [5.74, 6) is 0. The van der Waals surface area contributed by atoms with Crippen LogP contribution in [0, 0.1) is 0 Å². The molecule has 0 aromatic carbocycles. The van der Waals surface area contributed by atoms with Crippen LogP contribution in [0.25, 0.3) is 0 Å². The van der Waals surface area contributed by atoms with Crippen LogP contribution in [0.2, 0.25) is 5.02 Å². The summed E-state index contributed by atoms with van der Waals surface area (Å²) in [6.07, 6.45) is 0. The summed E-state index contributed by atoms with van der Waals surface area (Å²) in [7, 11) is -3.40. The van der Waals surface area contributed by atoms with Crippen molar-refractivity contribution in [3.05, 3.63) is 14.9 Å². The van der Waals surface area contributed by atoms with Crippen molar-refractivity contribution in [3.63, 3.8) is 0 Å². The van der Waals surface area contributed by atoms with Gasteiger partial charge in [0.2, 0.25) is 0 Å². The summed E-state index contributed by atoms with van der Waals surface area (Å²) < 4.78 is 27.1. The van der Waals surface area contributed by atoms with Gasteiger partial charge in [0.1, 0.15) is 4.21 Å². The minimum absolute atomic E-state index is 0.178. The third-order valence-electron chi connectivity index (χ3n) is 2.55. The summed E-state index contributed by atoms with van der Waals surface area (Å²) in [6.45, 7) is 3.65. The van der Waals surface area contributed by atoms with Gasteiger partial charge < -0.3 is 5.32 Å². The normalized spacial score (nSPS) is 22.9. The van der Waals surface area contributed by atoms with Gasteiger partial charge in [-0.3, -0.25) is 0 Å². The molecule has 17 heavy (non-hydrogen) atoms. The molecule has 1 aromatic rings. The first kappa shape index (κ1) is 13.8. The Balaban J connectivity index is 2.29. The molecule has 2 rings (SSSR count). The van der Waals surface area contributed by atoms with E-state index in [0.29, 0.717) is 32.7 Å². The number of sulfonamides is 1. The molecular formula is C9H12BrClN2O2S2. The second kappa shape index (κ2) is 5.14. The lowest BCUT2D eigenvalue weighted by Crippen LogP contribution is -2.51. The SMILES string of the molecule is C[C@@H]1CN(S(=O)(=O)c2cc(Cl)c(Br)s2)CCN1. The Morgan fingerprint density at radius 3 is 2.88 bits per heavy atom. The van der Waals surface area contributed by atoms with E-state index in [1.807, 2.05) is 6.92 Å². The Hall–Kier alpha value is 0.340. The van der Waals surface area contributed by atoms with Crippen LogP contribution in [0.1, 0.15) is 6.92 Å². The second-order valence-corrected chi connectivity index (χ2v) is 8.85. The number of thiophene rings is 1. The first-order valence-corrected chi connectivity index (χ1v) is 8.52. The van der Waals surface area contributed by atoms with E-state index in [2.05, 4.69) is 21.2 Å². The lowest BCUT2D eigenvalue weighted by atomic mass is 10.3. The largest absolute Gasteiger partial charge is 0.312 e. The standard InChI is InChI=1S/C9H12BrClN2O2S2/c1-6-5-13(3-2-12-6)17(14,15)8-4-7(11)9(10)16-8/h4,6,12H,2-3,5H2,1H3/t6-/m1/s1. The van der Waals surface area contributed by atoms with Crippen molar-refractivity contribution in [3.8, 4) is 0 Å². The first-order valence-electron chi connectivity index (χ1n) is 5.09. The summed E-state index contributed by atoms with van der Waals surface area (Å²) >= 11 is 10.3. The van der Waals surface area contributed by atoms with Crippen LogP contribution in [0.15, 0.2) is 14.1 Å². The van der Waals surface area contributed by atoms with Crippen molar-refractivity contribution in [2.24, 2.45) is 0 Å². The number of hydrogen-bond donors (Lipinski definition) is 1. The predicted octanol–water partition coefficient (Wildman–Crippen LogP) is 2.15. The molecular weight excluding hydrogens is 348 g/mol. The molecule has 4 nitrogen and oxygen atoms in total. The fraction of sp³-hybridized carbons (Fsp3) is 0.556. The first-order chi connectivity index (χ1) is 7.91. The average Bonchev–Trinajstić information content (AvgIpc) is 2.60. The Bertz CT molecular complexity index is 498. The smallest absolute Gasteiger partial charge is 0.252 e. The molecule has 1 aliphatic rings. The lowest BCUT2D eigenvalue weighted by molar-refractivity contribution is 0.311. The third-order valence-corrected chi connectivity index (χ3v) is 7.34. The highest BCUT2D eigenvalue weighted by molar-refractivity contribution is 9.11. The van der Waals surface area contributed by atoms with Crippen LogP contribution < -0.4 is 5.32 Å². The average molecular weight is 360 g/mol. The summed E-state index contributed by atoms with van der Waals surface area (Å²) in [5, 5.41) is 3.66. The fourth-order valence-electron chi connectivity index (χ4n) is 1.70.